The number of hydrogen-bond donors (Lipinski definition) is 3. The van der Waals surface area contributed by atoms with Gasteiger partial charge in [-0.15, -0.1) is 0 Å². The number of pyridine rings is 1. The van der Waals surface area contributed by atoms with E-state index in [0.29, 0.717) is 16.0 Å². The molecule has 20 heavy (non-hydrogen) atoms. The first-order valence-electron chi connectivity index (χ1n) is 5.47. The average Bonchev–Trinajstić information content (AvgIpc) is 2.35. The summed E-state index contributed by atoms with van der Waals surface area (Å²) in [6.45, 7) is 0. The smallest absolute Gasteiger partial charge is 0.423 e. The quantitative estimate of drug-likeness (QED) is 0.738. The van der Waals surface area contributed by atoms with Crippen molar-refractivity contribution in [2.75, 3.05) is 0 Å². The van der Waals surface area contributed by atoms with Crippen LogP contribution in [0.2, 0.25) is 5.02 Å². The first-order valence-corrected chi connectivity index (χ1v) is 5.85. The van der Waals surface area contributed by atoms with Crippen LogP contribution in [0, 0.1) is 5.82 Å². The van der Waals surface area contributed by atoms with Crippen molar-refractivity contribution < 1.29 is 19.1 Å². The molecule has 2 rings (SSSR count). The van der Waals surface area contributed by atoms with E-state index in [0.717, 1.165) is 0 Å². The highest BCUT2D eigenvalue weighted by molar-refractivity contribution is 6.31. The third-order valence-corrected chi connectivity index (χ3v) is 2.64. The molecule has 3 N–H and O–H groups in total. The van der Waals surface area contributed by atoms with Gasteiger partial charge >= 0.3 is 6.09 Å². The van der Waals surface area contributed by atoms with Crippen molar-refractivity contribution >= 4 is 34.5 Å². The number of halogens is 2. The SMILES string of the molecule is O=C(O)NNC(=O)Cc1cc(F)c2ncc(Cl)cc2c1. The van der Waals surface area contributed by atoms with E-state index < -0.39 is 17.8 Å². The van der Waals surface area contributed by atoms with Crippen LogP contribution in [0.15, 0.2) is 24.4 Å². The Morgan fingerprint density at radius 2 is 2.05 bits per heavy atom. The molecular weight excluding hydrogens is 289 g/mol. The van der Waals surface area contributed by atoms with Crippen molar-refractivity contribution in [1.29, 1.82) is 0 Å². The number of nitrogens with zero attached hydrogens (tertiary/aromatic N) is 1. The largest absolute Gasteiger partial charge is 0.464 e. The van der Waals surface area contributed by atoms with Crippen LogP contribution in [-0.2, 0) is 11.2 Å². The van der Waals surface area contributed by atoms with E-state index in [4.69, 9.17) is 16.7 Å². The van der Waals surface area contributed by atoms with Crippen LogP contribution >= 0.6 is 11.6 Å². The highest BCUT2D eigenvalue weighted by Crippen LogP contribution is 2.21. The predicted octanol–water partition coefficient (Wildman–Crippen LogP) is 1.87. The van der Waals surface area contributed by atoms with Crippen molar-refractivity contribution in [2.24, 2.45) is 0 Å². The molecule has 0 bridgehead atoms. The van der Waals surface area contributed by atoms with Crippen LogP contribution in [0.5, 0.6) is 0 Å². The maximum absolute atomic E-state index is 13.8. The summed E-state index contributed by atoms with van der Waals surface area (Å²) in [5.41, 5.74) is 4.21. The number of carboxylic acid groups (broad SMARTS) is 1. The maximum atomic E-state index is 13.8. The van der Waals surface area contributed by atoms with Gasteiger partial charge in [0.25, 0.3) is 0 Å². The minimum Gasteiger partial charge on any atom is -0.464 e. The second kappa shape index (κ2) is 5.70. The minimum absolute atomic E-state index is 0.155. The first-order chi connectivity index (χ1) is 9.45. The molecular formula is C12H9ClFN3O3. The molecule has 1 aromatic heterocycles. The third kappa shape index (κ3) is 3.33. The minimum atomic E-state index is -1.39. The monoisotopic (exact) mass is 297 g/mol. The van der Waals surface area contributed by atoms with Gasteiger partial charge in [0.05, 0.1) is 11.4 Å². The lowest BCUT2D eigenvalue weighted by Gasteiger charge is -2.06. The van der Waals surface area contributed by atoms with E-state index in [-0.39, 0.29) is 11.9 Å². The van der Waals surface area contributed by atoms with Crippen LogP contribution < -0.4 is 10.9 Å². The summed E-state index contributed by atoms with van der Waals surface area (Å²) in [7, 11) is 0. The summed E-state index contributed by atoms with van der Waals surface area (Å²) in [5, 5.41) is 9.15. The van der Waals surface area contributed by atoms with E-state index in [9.17, 15) is 14.0 Å². The number of rotatable bonds is 2. The van der Waals surface area contributed by atoms with Crippen molar-refractivity contribution in [2.45, 2.75) is 6.42 Å². The Labute approximate surface area is 117 Å². The highest BCUT2D eigenvalue weighted by atomic mass is 35.5. The number of benzene rings is 1. The summed E-state index contributed by atoms with van der Waals surface area (Å²) in [4.78, 5) is 25.5. The Kier molecular flexibility index (Phi) is 3.99. The standard InChI is InChI=1S/C12H9ClFN3O3/c13-8-4-7-1-6(2-9(14)11(7)15-5-8)3-10(18)16-17-12(19)20/h1-2,4-5,17H,3H2,(H,16,18)(H,19,20). The maximum Gasteiger partial charge on any atom is 0.423 e. The molecule has 1 aromatic carbocycles. The van der Waals surface area contributed by atoms with Gasteiger partial charge in [0.2, 0.25) is 5.91 Å². The van der Waals surface area contributed by atoms with Crippen LogP contribution in [0.1, 0.15) is 5.56 Å². The summed E-state index contributed by atoms with van der Waals surface area (Å²) in [6, 6.07) is 4.27. The van der Waals surface area contributed by atoms with E-state index >= 15 is 0 Å². The van der Waals surface area contributed by atoms with E-state index in [1.54, 1.807) is 11.5 Å². The molecule has 0 unspecified atom stereocenters. The van der Waals surface area contributed by atoms with Crippen molar-refractivity contribution in [3.63, 3.8) is 0 Å². The highest BCUT2D eigenvalue weighted by Gasteiger charge is 2.09. The van der Waals surface area contributed by atoms with Crippen molar-refractivity contribution in [1.82, 2.24) is 15.8 Å². The molecule has 0 spiro atoms. The van der Waals surface area contributed by atoms with Gasteiger partial charge in [-0.1, -0.05) is 11.6 Å². The van der Waals surface area contributed by atoms with E-state index in [1.165, 1.54) is 18.3 Å². The second-order valence-corrected chi connectivity index (χ2v) is 4.39. The van der Waals surface area contributed by atoms with Crippen molar-refractivity contribution in [3.8, 4) is 0 Å². The Bertz CT molecular complexity index is 693. The van der Waals surface area contributed by atoms with Gasteiger partial charge in [0.15, 0.2) is 0 Å². The number of hydrogen-bond acceptors (Lipinski definition) is 3. The molecule has 104 valence electrons. The molecule has 8 heteroatoms. The van der Waals surface area contributed by atoms with Gasteiger partial charge in [0, 0.05) is 11.6 Å². The molecule has 2 amide bonds. The fraction of sp³-hybridized carbons (Fsp3) is 0.0833. The zero-order valence-corrected chi connectivity index (χ0v) is 10.7. The van der Waals surface area contributed by atoms with Gasteiger partial charge < -0.3 is 5.11 Å². The lowest BCUT2D eigenvalue weighted by atomic mass is 10.1. The first kappa shape index (κ1) is 14.0. The van der Waals surface area contributed by atoms with Gasteiger partial charge in [-0.05, 0) is 23.8 Å². The molecule has 0 aliphatic heterocycles. The Morgan fingerprint density at radius 3 is 2.75 bits per heavy atom. The molecule has 1 heterocycles. The number of hydrazine groups is 1. The Balaban J connectivity index is 2.22. The van der Waals surface area contributed by atoms with Gasteiger partial charge in [-0.2, -0.15) is 0 Å². The fourth-order valence-electron chi connectivity index (χ4n) is 1.69. The summed E-state index contributed by atoms with van der Waals surface area (Å²) in [6.07, 6.45) is -0.241. The molecule has 0 aliphatic rings. The normalized spacial score (nSPS) is 10.3. The zero-order valence-electron chi connectivity index (χ0n) is 9.98. The summed E-state index contributed by atoms with van der Waals surface area (Å²) < 4.78 is 13.8. The lowest BCUT2D eigenvalue weighted by Crippen LogP contribution is -2.41. The molecule has 0 saturated carbocycles. The third-order valence-electron chi connectivity index (χ3n) is 2.44. The zero-order chi connectivity index (χ0) is 14.7. The molecule has 0 aliphatic carbocycles. The van der Waals surface area contributed by atoms with Crippen LogP contribution in [0.4, 0.5) is 9.18 Å². The van der Waals surface area contributed by atoms with Gasteiger partial charge in [-0.25, -0.2) is 14.6 Å². The fourth-order valence-corrected chi connectivity index (χ4v) is 1.86. The topological polar surface area (TPSA) is 91.3 Å². The summed E-state index contributed by atoms with van der Waals surface area (Å²) >= 11 is 5.77. The lowest BCUT2D eigenvalue weighted by molar-refractivity contribution is -0.121. The number of carbonyl (C=O) groups excluding carboxylic acids is 1. The van der Waals surface area contributed by atoms with Crippen LogP contribution in [0.3, 0.4) is 0 Å². The average molecular weight is 298 g/mol. The summed E-state index contributed by atoms with van der Waals surface area (Å²) in [5.74, 6) is -1.19. The molecule has 0 atom stereocenters. The van der Waals surface area contributed by atoms with E-state index in [2.05, 4.69) is 4.98 Å². The number of fused-ring (bicyclic) bond motifs is 1. The van der Waals surface area contributed by atoms with Crippen LogP contribution in [0.25, 0.3) is 10.9 Å². The molecule has 2 aromatic rings. The molecule has 6 nitrogen and oxygen atoms in total. The number of aromatic nitrogens is 1. The molecule has 0 radical (unpaired) electrons. The van der Waals surface area contributed by atoms with E-state index in [1.807, 2.05) is 5.43 Å². The Morgan fingerprint density at radius 1 is 1.30 bits per heavy atom. The van der Waals surface area contributed by atoms with Gasteiger partial charge in [-0.3, -0.25) is 15.2 Å². The number of carbonyl (C=O) groups is 2. The van der Waals surface area contributed by atoms with Crippen LogP contribution in [-0.4, -0.2) is 22.1 Å². The predicted molar refractivity (Wildman–Crippen MR) is 69.7 cm³/mol. The molecule has 0 saturated heterocycles. The second-order valence-electron chi connectivity index (χ2n) is 3.96. The number of amides is 2. The van der Waals surface area contributed by atoms with Gasteiger partial charge in [0.1, 0.15) is 11.3 Å². The molecule has 0 fully saturated rings. The number of nitrogens with one attached hydrogen (secondary N) is 2. The Hall–Kier alpha value is -2.41. The van der Waals surface area contributed by atoms with Crippen molar-refractivity contribution in [3.05, 3.63) is 40.8 Å².